The molecule has 1 aromatic rings. The Balaban J connectivity index is 2.85. The van der Waals surface area contributed by atoms with Crippen LogP contribution in [0.5, 0.6) is 0 Å². The number of methoxy groups -OCH3 is 1. The molecule has 0 aromatic heterocycles. The van der Waals surface area contributed by atoms with Gasteiger partial charge in [0.15, 0.2) is 0 Å². The Bertz CT molecular complexity index is 493. The fraction of sp³-hybridized carbons (Fsp3) is 0.417. The van der Waals surface area contributed by atoms with Crippen LogP contribution in [0.3, 0.4) is 0 Å². The second-order valence-electron chi connectivity index (χ2n) is 4.20. The van der Waals surface area contributed by atoms with E-state index in [1.807, 2.05) is 11.9 Å². The molecular weight excluding hydrogens is 316 g/mol. The molecule has 7 heteroatoms. The van der Waals surface area contributed by atoms with Gasteiger partial charge in [-0.3, -0.25) is 14.9 Å². The fourth-order valence-electron chi connectivity index (χ4n) is 1.70. The zero-order chi connectivity index (χ0) is 14.6. The number of rotatable bonds is 5. The van der Waals surface area contributed by atoms with Crippen molar-refractivity contribution in [2.75, 3.05) is 25.6 Å². The van der Waals surface area contributed by atoms with Crippen molar-refractivity contribution in [1.82, 2.24) is 0 Å². The lowest BCUT2D eigenvalue weighted by atomic mass is 10.1. The maximum atomic E-state index is 11.4. The molecule has 0 aliphatic heterocycles. The summed E-state index contributed by atoms with van der Waals surface area (Å²) >= 11 is 3.30. The molecule has 1 atom stereocenters. The van der Waals surface area contributed by atoms with Gasteiger partial charge in [0.2, 0.25) is 0 Å². The maximum absolute atomic E-state index is 11.4. The van der Waals surface area contributed by atoms with Crippen molar-refractivity contribution in [3.63, 3.8) is 0 Å². The molecule has 0 radical (unpaired) electrons. The zero-order valence-corrected chi connectivity index (χ0v) is 12.5. The highest BCUT2D eigenvalue weighted by Gasteiger charge is 2.18. The number of anilines is 1. The number of hydrogen-bond acceptors (Lipinski definition) is 5. The Labute approximate surface area is 119 Å². The van der Waals surface area contributed by atoms with Crippen LogP contribution in [-0.2, 0) is 9.53 Å². The molecule has 0 N–H and O–H groups in total. The number of halogens is 1. The zero-order valence-electron chi connectivity index (χ0n) is 10.9. The van der Waals surface area contributed by atoms with Gasteiger partial charge < -0.3 is 9.64 Å². The topological polar surface area (TPSA) is 72.7 Å². The quantitative estimate of drug-likeness (QED) is 0.471. The number of benzene rings is 1. The molecular formula is C12H15BrN2O4. The van der Waals surface area contributed by atoms with Crippen molar-refractivity contribution in [3.05, 3.63) is 32.8 Å². The van der Waals surface area contributed by atoms with Crippen molar-refractivity contribution < 1.29 is 14.5 Å². The smallest absolute Gasteiger partial charge is 0.310 e. The first-order chi connectivity index (χ1) is 8.86. The SMILES string of the molecule is COC(=O)C(C)CN(C)c1ccc([N+](=O)[O-])cc1Br. The van der Waals surface area contributed by atoms with Crippen LogP contribution < -0.4 is 4.90 Å². The predicted octanol–water partition coefficient (Wildman–Crippen LogP) is 2.60. The third-order valence-electron chi connectivity index (χ3n) is 2.70. The van der Waals surface area contributed by atoms with Crippen molar-refractivity contribution >= 4 is 33.3 Å². The number of nitro groups is 1. The summed E-state index contributed by atoms with van der Waals surface area (Å²) < 4.78 is 5.28. The molecule has 6 nitrogen and oxygen atoms in total. The second-order valence-corrected chi connectivity index (χ2v) is 5.05. The summed E-state index contributed by atoms with van der Waals surface area (Å²) in [4.78, 5) is 23.4. The normalized spacial score (nSPS) is 11.8. The first-order valence-electron chi connectivity index (χ1n) is 5.59. The van der Waals surface area contributed by atoms with E-state index in [2.05, 4.69) is 20.7 Å². The number of nitrogens with zero attached hydrogens (tertiary/aromatic N) is 2. The second kappa shape index (κ2) is 6.51. The van der Waals surface area contributed by atoms with E-state index in [0.29, 0.717) is 11.0 Å². The standard InChI is InChI=1S/C12H15BrN2O4/c1-8(12(16)19-3)7-14(2)11-5-4-9(15(17)18)6-10(11)13/h4-6,8H,7H2,1-3H3. The minimum atomic E-state index is -0.453. The summed E-state index contributed by atoms with van der Waals surface area (Å²) in [5.41, 5.74) is 0.798. The average Bonchev–Trinajstić information content (AvgIpc) is 2.37. The molecule has 0 aliphatic rings. The number of esters is 1. The van der Waals surface area contributed by atoms with Gasteiger partial charge in [0.25, 0.3) is 5.69 Å². The Morgan fingerprint density at radius 1 is 1.58 bits per heavy atom. The molecule has 0 heterocycles. The molecule has 0 bridgehead atoms. The minimum Gasteiger partial charge on any atom is -0.469 e. The van der Waals surface area contributed by atoms with Gasteiger partial charge in [0, 0.05) is 30.2 Å². The van der Waals surface area contributed by atoms with Crippen molar-refractivity contribution in [2.24, 2.45) is 5.92 Å². The predicted molar refractivity (Wildman–Crippen MR) is 75.2 cm³/mol. The van der Waals surface area contributed by atoms with Crippen LogP contribution in [0.1, 0.15) is 6.92 Å². The molecule has 0 aliphatic carbocycles. The van der Waals surface area contributed by atoms with Crippen LogP contribution in [0.2, 0.25) is 0 Å². The van der Waals surface area contributed by atoms with Crippen LogP contribution >= 0.6 is 15.9 Å². The maximum Gasteiger partial charge on any atom is 0.310 e. The summed E-state index contributed by atoms with van der Waals surface area (Å²) in [6.07, 6.45) is 0. The largest absolute Gasteiger partial charge is 0.469 e. The van der Waals surface area contributed by atoms with Crippen LogP contribution in [0.25, 0.3) is 0 Å². The van der Waals surface area contributed by atoms with Crippen molar-refractivity contribution in [1.29, 1.82) is 0 Å². The van der Waals surface area contributed by atoms with E-state index in [1.54, 1.807) is 13.0 Å². The monoisotopic (exact) mass is 330 g/mol. The van der Waals surface area contributed by atoms with Crippen LogP contribution in [0, 0.1) is 16.0 Å². The molecule has 0 saturated heterocycles. The van der Waals surface area contributed by atoms with Crippen LogP contribution in [0.15, 0.2) is 22.7 Å². The lowest BCUT2D eigenvalue weighted by molar-refractivity contribution is -0.384. The van der Waals surface area contributed by atoms with E-state index >= 15 is 0 Å². The fourth-order valence-corrected chi connectivity index (χ4v) is 2.37. The highest BCUT2D eigenvalue weighted by molar-refractivity contribution is 9.10. The first-order valence-corrected chi connectivity index (χ1v) is 6.39. The van der Waals surface area contributed by atoms with Gasteiger partial charge in [0.1, 0.15) is 0 Å². The van der Waals surface area contributed by atoms with Gasteiger partial charge in [-0.15, -0.1) is 0 Å². The Morgan fingerprint density at radius 2 is 2.21 bits per heavy atom. The Kier molecular flexibility index (Phi) is 5.29. The number of non-ortho nitro benzene ring substituents is 1. The Morgan fingerprint density at radius 3 is 2.68 bits per heavy atom. The van der Waals surface area contributed by atoms with Crippen molar-refractivity contribution in [3.8, 4) is 0 Å². The van der Waals surface area contributed by atoms with E-state index in [9.17, 15) is 14.9 Å². The van der Waals surface area contributed by atoms with E-state index in [1.165, 1.54) is 19.2 Å². The third-order valence-corrected chi connectivity index (χ3v) is 3.34. The molecule has 104 valence electrons. The van der Waals surface area contributed by atoms with Crippen molar-refractivity contribution in [2.45, 2.75) is 6.92 Å². The van der Waals surface area contributed by atoms with E-state index in [4.69, 9.17) is 0 Å². The average molecular weight is 331 g/mol. The first kappa shape index (κ1) is 15.4. The van der Waals surface area contributed by atoms with Crippen LogP contribution in [0.4, 0.5) is 11.4 Å². The van der Waals surface area contributed by atoms with Gasteiger partial charge in [-0.25, -0.2) is 0 Å². The lowest BCUT2D eigenvalue weighted by Crippen LogP contribution is -2.29. The number of ether oxygens (including phenoxy) is 1. The number of carbonyl (C=O) groups is 1. The molecule has 1 unspecified atom stereocenters. The number of hydrogen-bond donors (Lipinski definition) is 0. The molecule has 0 amide bonds. The summed E-state index contributed by atoms with van der Waals surface area (Å²) in [6, 6.07) is 4.51. The summed E-state index contributed by atoms with van der Waals surface area (Å²) in [5, 5.41) is 10.7. The molecule has 0 spiro atoms. The van der Waals surface area contributed by atoms with Gasteiger partial charge in [0.05, 0.1) is 23.6 Å². The number of carbonyl (C=O) groups excluding carboxylic acids is 1. The van der Waals surface area contributed by atoms with E-state index in [0.717, 1.165) is 5.69 Å². The molecule has 0 saturated carbocycles. The summed E-state index contributed by atoms with van der Waals surface area (Å²) in [6.45, 7) is 2.23. The summed E-state index contributed by atoms with van der Waals surface area (Å²) in [7, 11) is 3.16. The highest BCUT2D eigenvalue weighted by Crippen LogP contribution is 2.29. The van der Waals surface area contributed by atoms with Crippen LogP contribution in [-0.4, -0.2) is 31.6 Å². The van der Waals surface area contributed by atoms with Gasteiger partial charge in [-0.1, -0.05) is 6.92 Å². The molecule has 1 rings (SSSR count). The third kappa shape index (κ3) is 3.92. The van der Waals surface area contributed by atoms with E-state index in [-0.39, 0.29) is 17.6 Å². The van der Waals surface area contributed by atoms with Gasteiger partial charge in [-0.2, -0.15) is 0 Å². The van der Waals surface area contributed by atoms with E-state index < -0.39 is 4.92 Å². The van der Waals surface area contributed by atoms with Gasteiger partial charge >= 0.3 is 5.97 Å². The minimum absolute atomic E-state index is 0.0186. The molecule has 1 aromatic carbocycles. The number of nitro benzene ring substituents is 1. The highest BCUT2D eigenvalue weighted by atomic mass is 79.9. The lowest BCUT2D eigenvalue weighted by Gasteiger charge is -2.23. The molecule has 0 fully saturated rings. The van der Waals surface area contributed by atoms with Gasteiger partial charge in [-0.05, 0) is 22.0 Å². The Hall–Kier alpha value is -1.63. The summed E-state index contributed by atoms with van der Waals surface area (Å²) in [5.74, 6) is -0.568. The molecule has 19 heavy (non-hydrogen) atoms.